The Hall–Kier alpha value is -1.29. The van der Waals surface area contributed by atoms with Gasteiger partial charge in [0.25, 0.3) is 0 Å². The molecule has 1 amide bonds. The van der Waals surface area contributed by atoms with E-state index in [4.69, 9.17) is 0 Å². The normalized spacial score (nSPS) is 19.4. The molecule has 0 radical (unpaired) electrons. The van der Waals surface area contributed by atoms with Crippen molar-refractivity contribution in [2.45, 2.75) is 24.5 Å². The molecule has 0 aliphatic carbocycles. The van der Waals surface area contributed by atoms with Gasteiger partial charge in [-0.3, -0.25) is 4.79 Å². The second-order valence-electron chi connectivity index (χ2n) is 4.88. The molecule has 1 saturated heterocycles. The zero-order valence-corrected chi connectivity index (χ0v) is 12.4. The van der Waals surface area contributed by atoms with Gasteiger partial charge in [-0.05, 0) is 18.9 Å². The molecule has 2 rings (SSSR count). The average molecular weight is 293 g/mol. The van der Waals surface area contributed by atoms with E-state index in [1.807, 2.05) is 17.0 Å². The van der Waals surface area contributed by atoms with Crippen LogP contribution in [0.25, 0.3) is 0 Å². The van der Waals surface area contributed by atoms with E-state index in [0.29, 0.717) is 13.0 Å². The average Bonchev–Trinajstić information content (AvgIpc) is 2.71. The molecule has 1 aromatic rings. The molecule has 0 bridgehead atoms. The van der Waals surface area contributed by atoms with Gasteiger partial charge in [-0.15, -0.1) is 6.58 Å². The van der Waals surface area contributed by atoms with E-state index in [1.54, 1.807) is 23.9 Å². The first-order chi connectivity index (χ1) is 9.72. The monoisotopic (exact) mass is 293 g/mol. The van der Waals surface area contributed by atoms with Crippen molar-refractivity contribution in [3.63, 3.8) is 0 Å². The van der Waals surface area contributed by atoms with Crippen molar-refractivity contribution < 1.29 is 9.18 Å². The SMILES string of the molecule is C=CCCC(=O)N1CCSC(c2ccccc2F)CC1. The number of hydrogen-bond acceptors (Lipinski definition) is 2. The van der Waals surface area contributed by atoms with E-state index >= 15 is 0 Å². The van der Waals surface area contributed by atoms with Crippen LogP contribution in [0.5, 0.6) is 0 Å². The van der Waals surface area contributed by atoms with Gasteiger partial charge in [-0.1, -0.05) is 24.3 Å². The van der Waals surface area contributed by atoms with Crippen molar-refractivity contribution in [2.24, 2.45) is 0 Å². The van der Waals surface area contributed by atoms with Crippen molar-refractivity contribution in [3.8, 4) is 0 Å². The second-order valence-corrected chi connectivity index (χ2v) is 6.19. The Labute approximate surface area is 124 Å². The van der Waals surface area contributed by atoms with Crippen molar-refractivity contribution in [2.75, 3.05) is 18.8 Å². The van der Waals surface area contributed by atoms with Crippen molar-refractivity contribution in [1.82, 2.24) is 4.90 Å². The molecule has 2 nitrogen and oxygen atoms in total. The Morgan fingerprint density at radius 2 is 2.25 bits per heavy atom. The van der Waals surface area contributed by atoms with Gasteiger partial charge < -0.3 is 4.90 Å². The summed E-state index contributed by atoms with van der Waals surface area (Å²) in [7, 11) is 0. The van der Waals surface area contributed by atoms with Crippen molar-refractivity contribution >= 4 is 17.7 Å². The quantitative estimate of drug-likeness (QED) is 0.787. The van der Waals surface area contributed by atoms with Gasteiger partial charge in [0.2, 0.25) is 5.91 Å². The van der Waals surface area contributed by atoms with E-state index in [2.05, 4.69) is 6.58 Å². The number of carbonyl (C=O) groups is 1. The summed E-state index contributed by atoms with van der Waals surface area (Å²) in [6, 6.07) is 6.94. The molecule has 0 saturated carbocycles. The number of carbonyl (C=O) groups excluding carboxylic acids is 1. The fraction of sp³-hybridized carbons (Fsp3) is 0.438. The number of thioether (sulfide) groups is 1. The van der Waals surface area contributed by atoms with Crippen LogP contribution in [-0.4, -0.2) is 29.6 Å². The van der Waals surface area contributed by atoms with Gasteiger partial charge in [0, 0.05) is 36.1 Å². The number of nitrogens with zero attached hydrogens (tertiary/aromatic N) is 1. The van der Waals surface area contributed by atoms with Crippen LogP contribution in [0.15, 0.2) is 36.9 Å². The van der Waals surface area contributed by atoms with Crippen LogP contribution >= 0.6 is 11.8 Å². The van der Waals surface area contributed by atoms with Crippen LogP contribution in [0.3, 0.4) is 0 Å². The van der Waals surface area contributed by atoms with E-state index in [-0.39, 0.29) is 17.0 Å². The molecule has 1 atom stereocenters. The fourth-order valence-electron chi connectivity index (χ4n) is 2.39. The highest BCUT2D eigenvalue weighted by Gasteiger charge is 2.23. The fourth-order valence-corrected chi connectivity index (χ4v) is 3.64. The second kappa shape index (κ2) is 7.48. The maximum absolute atomic E-state index is 13.8. The molecule has 1 aliphatic heterocycles. The lowest BCUT2D eigenvalue weighted by Gasteiger charge is -2.20. The Bertz CT molecular complexity index is 477. The number of hydrogen-bond donors (Lipinski definition) is 0. The maximum Gasteiger partial charge on any atom is 0.222 e. The van der Waals surface area contributed by atoms with Crippen LogP contribution in [-0.2, 0) is 4.79 Å². The van der Waals surface area contributed by atoms with Crippen LogP contribution in [0.4, 0.5) is 4.39 Å². The summed E-state index contributed by atoms with van der Waals surface area (Å²) in [6.07, 6.45) is 3.83. The summed E-state index contributed by atoms with van der Waals surface area (Å²) in [5.74, 6) is 0.898. The molecule has 1 aliphatic rings. The van der Waals surface area contributed by atoms with Crippen molar-refractivity contribution in [1.29, 1.82) is 0 Å². The molecule has 0 N–H and O–H groups in total. The summed E-state index contributed by atoms with van der Waals surface area (Å²) in [4.78, 5) is 13.9. The number of allylic oxidation sites excluding steroid dienone is 1. The summed E-state index contributed by atoms with van der Waals surface area (Å²) >= 11 is 1.74. The Morgan fingerprint density at radius 3 is 3.00 bits per heavy atom. The predicted octanol–water partition coefficient (Wildman–Crippen LogP) is 3.80. The highest BCUT2D eigenvalue weighted by atomic mass is 32.2. The Balaban J connectivity index is 1.97. The first-order valence-corrected chi connectivity index (χ1v) is 8.02. The smallest absolute Gasteiger partial charge is 0.222 e. The van der Waals surface area contributed by atoms with Gasteiger partial charge in [-0.2, -0.15) is 11.8 Å². The number of halogens is 1. The zero-order valence-electron chi connectivity index (χ0n) is 11.6. The molecular weight excluding hydrogens is 273 g/mol. The van der Waals surface area contributed by atoms with Gasteiger partial charge in [0.15, 0.2) is 0 Å². The molecule has 0 spiro atoms. The first kappa shape index (κ1) is 15.1. The lowest BCUT2D eigenvalue weighted by molar-refractivity contribution is -0.130. The molecule has 1 heterocycles. The third-order valence-corrected chi connectivity index (χ3v) is 4.82. The molecule has 1 unspecified atom stereocenters. The van der Waals surface area contributed by atoms with Gasteiger partial charge in [0.1, 0.15) is 5.82 Å². The standard InChI is InChI=1S/C16H20FNOS/c1-2-3-8-16(19)18-10-9-15(20-12-11-18)13-6-4-5-7-14(13)17/h2,4-7,15H,1,3,8-12H2. The highest BCUT2D eigenvalue weighted by molar-refractivity contribution is 7.99. The van der Waals surface area contributed by atoms with Crippen LogP contribution in [0.2, 0.25) is 0 Å². The van der Waals surface area contributed by atoms with E-state index < -0.39 is 0 Å². The van der Waals surface area contributed by atoms with Crippen LogP contribution in [0, 0.1) is 5.82 Å². The van der Waals surface area contributed by atoms with Gasteiger partial charge in [-0.25, -0.2) is 4.39 Å². The molecule has 108 valence electrons. The summed E-state index contributed by atoms with van der Waals surface area (Å²) in [5, 5.41) is 0.147. The Morgan fingerprint density at radius 1 is 1.45 bits per heavy atom. The van der Waals surface area contributed by atoms with Crippen LogP contribution < -0.4 is 0 Å². The minimum absolute atomic E-state index is 0.142. The van der Waals surface area contributed by atoms with Crippen molar-refractivity contribution in [3.05, 3.63) is 48.3 Å². The largest absolute Gasteiger partial charge is 0.342 e. The molecule has 4 heteroatoms. The molecule has 20 heavy (non-hydrogen) atoms. The summed E-state index contributed by atoms with van der Waals surface area (Å²) in [6.45, 7) is 5.11. The third-order valence-electron chi connectivity index (χ3n) is 3.51. The molecule has 1 aromatic carbocycles. The minimum atomic E-state index is -0.142. The number of amides is 1. The lowest BCUT2D eigenvalue weighted by Crippen LogP contribution is -2.32. The zero-order chi connectivity index (χ0) is 14.4. The van der Waals surface area contributed by atoms with Gasteiger partial charge in [0.05, 0.1) is 0 Å². The predicted molar refractivity (Wildman–Crippen MR) is 82.2 cm³/mol. The lowest BCUT2D eigenvalue weighted by atomic mass is 10.1. The minimum Gasteiger partial charge on any atom is -0.342 e. The third kappa shape index (κ3) is 3.85. The van der Waals surface area contributed by atoms with Crippen LogP contribution in [0.1, 0.15) is 30.1 Å². The first-order valence-electron chi connectivity index (χ1n) is 6.97. The molecule has 1 fully saturated rings. The van der Waals surface area contributed by atoms with E-state index in [1.165, 1.54) is 6.07 Å². The van der Waals surface area contributed by atoms with E-state index in [0.717, 1.165) is 30.7 Å². The molecular formula is C16H20FNOS. The highest BCUT2D eigenvalue weighted by Crippen LogP contribution is 2.35. The number of rotatable bonds is 4. The maximum atomic E-state index is 13.8. The Kier molecular flexibility index (Phi) is 5.65. The van der Waals surface area contributed by atoms with Gasteiger partial charge >= 0.3 is 0 Å². The summed E-state index contributed by atoms with van der Waals surface area (Å²) < 4.78 is 13.8. The number of benzene rings is 1. The molecule has 0 aromatic heterocycles. The summed E-state index contributed by atoms with van der Waals surface area (Å²) in [5.41, 5.74) is 0.762. The topological polar surface area (TPSA) is 20.3 Å². The van der Waals surface area contributed by atoms with E-state index in [9.17, 15) is 9.18 Å².